The number of imide groups is 1. The van der Waals surface area contributed by atoms with Gasteiger partial charge in [-0.3, -0.25) is 24.2 Å². The van der Waals surface area contributed by atoms with Crippen molar-refractivity contribution in [1.29, 1.82) is 0 Å². The SMILES string of the molecule is COc1ccccc1N1C(=O)[C@@H]2[C@H](C1=O)[C@H]1C=CC=NN1[C@@H]2C(=O)c1ccc(OC(C)=O)cc1. The van der Waals surface area contributed by atoms with Crippen LogP contribution in [0.5, 0.6) is 11.5 Å². The Bertz CT molecular complexity index is 1250. The number of hydrogen-bond acceptors (Lipinski definition) is 8. The molecule has 2 aromatic carbocycles. The molecule has 172 valence electrons. The molecule has 9 nitrogen and oxygen atoms in total. The van der Waals surface area contributed by atoms with Crippen molar-refractivity contribution in [3.8, 4) is 11.5 Å². The van der Waals surface area contributed by atoms with E-state index in [4.69, 9.17) is 9.47 Å². The highest BCUT2D eigenvalue weighted by molar-refractivity contribution is 6.25. The molecule has 3 aliphatic heterocycles. The summed E-state index contributed by atoms with van der Waals surface area (Å²) in [5.74, 6) is -2.65. The summed E-state index contributed by atoms with van der Waals surface area (Å²) in [6, 6.07) is 11.4. The lowest BCUT2D eigenvalue weighted by Crippen LogP contribution is -2.46. The van der Waals surface area contributed by atoms with Crippen molar-refractivity contribution < 1.29 is 28.7 Å². The number of Topliss-reactive ketones (excluding diaryl/α,β-unsaturated/α-hetero) is 1. The fourth-order valence-corrected chi connectivity index (χ4v) is 4.91. The van der Waals surface area contributed by atoms with Crippen molar-refractivity contribution >= 4 is 35.5 Å². The van der Waals surface area contributed by atoms with Crippen molar-refractivity contribution in [2.24, 2.45) is 16.9 Å². The number of hydrazone groups is 1. The molecule has 0 spiro atoms. The Balaban J connectivity index is 1.53. The lowest BCUT2D eigenvalue weighted by molar-refractivity contribution is -0.132. The number of methoxy groups -OCH3 is 1. The van der Waals surface area contributed by atoms with Crippen LogP contribution < -0.4 is 14.4 Å². The van der Waals surface area contributed by atoms with Crippen molar-refractivity contribution in [3.63, 3.8) is 0 Å². The fraction of sp³-hybridized carbons (Fsp3) is 0.240. The summed E-state index contributed by atoms with van der Waals surface area (Å²) >= 11 is 0. The van der Waals surface area contributed by atoms with Crippen LogP contribution in [0.1, 0.15) is 17.3 Å². The predicted molar refractivity (Wildman–Crippen MR) is 122 cm³/mol. The fourth-order valence-electron chi connectivity index (χ4n) is 4.91. The number of carbonyl (C=O) groups excluding carboxylic acids is 4. The Morgan fingerprint density at radius 3 is 2.38 bits per heavy atom. The van der Waals surface area contributed by atoms with Crippen LogP contribution in [0.3, 0.4) is 0 Å². The number of anilines is 1. The number of fused-ring (bicyclic) bond motifs is 3. The number of amides is 2. The Hall–Kier alpha value is -4.27. The maximum atomic E-state index is 13.7. The van der Waals surface area contributed by atoms with Crippen molar-refractivity contribution in [3.05, 3.63) is 66.2 Å². The summed E-state index contributed by atoms with van der Waals surface area (Å²) in [6.45, 7) is 1.29. The molecule has 0 aliphatic carbocycles. The number of allylic oxidation sites excluding steroid dienone is 1. The van der Waals surface area contributed by atoms with E-state index in [0.717, 1.165) is 4.90 Å². The minimum absolute atomic E-state index is 0.305. The summed E-state index contributed by atoms with van der Waals surface area (Å²) in [5, 5.41) is 5.89. The van der Waals surface area contributed by atoms with E-state index in [-0.39, 0.29) is 5.78 Å². The monoisotopic (exact) mass is 459 g/mol. The van der Waals surface area contributed by atoms with Crippen LogP contribution in [-0.2, 0) is 14.4 Å². The highest BCUT2D eigenvalue weighted by atomic mass is 16.5. The molecule has 0 saturated carbocycles. The smallest absolute Gasteiger partial charge is 0.308 e. The number of para-hydroxylation sites is 2. The number of benzene rings is 2. The second-order valence-corrected chi connectivity index (χ2v) is 8.18. The van der Waals surface area contributed by atoms with Crippen molar-refractivity contribution in [2.75, 3.05) is 12.0 Å². The lowest BCUT2D eigenvalue weighted by atomic mass is 9.86. The number of rotatable bonds is 5. The van der Waals surface area contributed by atoms with Gasteiger partial charge in [-0.25, -0.2) is 4.90 Å². The van der Waals surface area contributed by atoms with E-state index in [1.54, 1.807) is 41.4 Å². The Morgan fingerprint density at radius 1 is 0.971 bits per heavy atom. The Morgan fingerprint density at radius 2 is 1.68 bits per heavy atom. The molecule has 0 aromatic heterocycles. The normalized spacial score (nSPS) is 24.8. The average molecular weight is 459 g/mol. The minimum Gasteiger partial charge on any atom is -0.495 e. The van der Waals surface area contributed by atoms with Gasteiger partial charge in [-0.15, -0.1) is 0 Å². The number of hydrogen-bond donors (Lipinski definition) is 0. The van der Waals surface area contributed by atoms with E-state index in [2.05, 4.69) is 5.10 Å². The van der Waals surface area contributed by atoms with Gasteiger partial charge in [-0.2, -0.15) is 5.10 Å². The third kappa shape index (κ3) is 3.28. The molecular weight excluding hydrogens is 438 g/mol. The highest BCUT2D eigenvalue weighted by Crippen LogP contribution is 2.47. The summed E-state index contributed by atoms with van der Waals surface area (Å²) in [6.07, 6.45) is 5.04. The van der Waals surface area contributed by atoms with Gasteiger partial charge >= 0.3 is 5.97 Å². The molecule has 5 rings (SSSR count). The first-order chi connectivity index (χ1) is 16.4. The molecule has 9 heteroatoms. The van der Waals surface area contributed by atoms with E-state index in [1.807, 2.05) is 0 Å². The van der Waals surface area contributed by atoms with E-state index in [9.17, 15) is 19.2 Å². The van der Waals surface area contributed by atoms with Crippen molar-refractivity contribution in [2.45, 2.75) is 19.0 Å². The van der Waals surface area contributed by atoms with Crippen LogP contribution in [0, 0.1) is 11.8 Å². The largest absolute Gasteiger partial charge is 0.495 e. The molecule has 0 bridgehead atoms. The molecule has 2 amide bonds. The molecule has 0 unspecified atom stereocenters. The van der Waals surface area contributed by atoms with Gasteiger partial charge in [0.15, 0.2) is 5.78 Å². The van der Waals surface area contributed by atoms with Gasteiger partial charge in [-0.05, 0) is 42.5 Å². The van der Waals surface area contributed by atoms with E-state index in [1.165, 1.54) is 44.5 Å². The van der Waals surface area contributed by atoms with E-state index >= 15 is 0 Å². The zero-order chi connectivity index (χ0) is 24.0. The molecule has 2 fully saturated rings. The number of nitrogens with zero attached hydrogens (tertiary/aromatic N) is 3. The molecular formula is C25H21N3O6. The molecule has 0 N–H and O–H groups in total. The average Bonchev–Trinajstić information content (AvgIpc) is 3.31. The number of carbonyl (C=O) groups is 4. The van der Waals surface area contributed by atoms with Gasteiger partial charge in [0.1, 0.15) is 17.5 Å². The zero-order valence-electron chi connectivity index (χ0n) is 18.5. The molecule has 3 aliphatic rings. The molecule has 0 radical (unpaired) electrons. The minimum atomic E-state index is -0.966. The summed E-state index contributed by atoms with van der Waals surface area (Å²) in [4.78, 5) is 53.2. The lowest BCUT2D eigenvalue weighted by Gasteiger charge is -2.30. The maximum absolute atomic E-state index is 13.7. The molecule has 2 saturated heterocycles. The standard InChI is InChI=1S/C25H21N3O6/c1-14(29)34-16-11-9-15(10-12-16)23(30)22-21-20(18-7-5-13-26-28(18)22)24(31)27(25(21)32)17-6-3-4-8-19(17)33-2/h3-13,18,20-22H,1-2H3/t18-,20-,21-,22+/m1/s1. The molecule has 3 heterocycles. The van der Waals surface area contributed by atoms with Gasteiger partial charge in [0.05, 0.1) is 30.7 Å². The molecule has 2 aromatic rings. The number of ketones is 1. The number of esters is 1. The van der Waals surface area contributed by atoms with Gasteiger partial charge in [-0.1, -0.05) is 18.2 Å². The maximum Gasteiger partial charge on any atom is 0.308 e. The second kappa shape index (κ2) is 8.26. The van der Waals surface area contributed by atoms with Crippen LogP contribution in [0.4, 0.5) is 5.69 Å². The quantitative estimate of drug-likeness (QED) is 0.292. The predicted octanol–water partition coefficient (Wildman–Crippen LogP) is 2.22. The Labute approximate surface area is 195 Å². The van der Waals surface area contributed by atoms with Gasteiger partial charge in [0.25, 0.3) is 0 Å². The first-order valence-electron chi connectivity index (χ1n) is 10.7. The van der Waals surface area contributed by atoms with Gasteiger partial charge in [0.2, 0.25) is 11.8 Å². The third-order valence-electron chi connectivity index (χ3n) is 6.29. The number of ether oxygens (including phenoxy) is 2. The molecule has 34 heavy (non-hydrogen) atoms. The summed E-state index contributed by atoms with van der Waals surface area (Å²) in [7, 11) is 1.47. The Kier molecular flexibility index (Phi) is 5.24. The van der Waals surface area contributed by atoms with Crippen LogP contribution in [0.2, 0.25) is 0 Å². The third-order valence-corrected chi connectivity index (χ3v) is 6.29. The topological polar surface area (TPSA) is 106 Å². The van der Waals surface area contributed by atoms with Crippen LogP contribution in [0.25, 0.3) is 0 Å². The second-order valence-electron chi connectivity index (χ2n) is 8.18. The summed E-state index contributed by atoms with van der Waals surface area (Å²) in [5.41, 5.74) is 0.669. The van der Waals surface area contributed by atoms with Crippen LogP contribution >= 0.6 is 0 Å². The van der Waals surface area contributed by atoms with Crippen molar-refractivity contribution in [1.82, 2.24) is 5.01 Å². The van der Waals surface area contributed by atoms with Crippen LogP contribution in [0.15, 0.2) is 65.8 Å². The van der Waals surface area contributed by atoms with E-state index in [0.29, 0.717) is 22.7 Å². The first-order valence-corrected chi connectivity index (χ1v) is 10.7. The van der Waals surface area contributed by atoms with Gasteiger partial charge in [0, 0.05) is 18.7 Å². The highest BCUT2D eigenvalue weighted by Gasteiger charge is 2.64. The van der Waals surface area contributed by atoms with Crippen LogP contribution in [-0.4, -0.2) is 54.0 Å². The first kappa shape index (κ1) is 21.6. The van der Waals surface area contributed by atoms with Gasteiger partial charge < -0.3 is 9.47 Å². The summed E-state index contributed by atoms with van der Waals surface area (Å²) < 4.78 is 10.4. The zero-order valence-corrected chi connectivity index (χ0v) is 18.5. The molecule has 4 atom stereocenters. The van der Waals surface area contributed by atoms with E-state index < -0.39 is 41.7 Å².